The summed E-state index contributed by atoms with van der Waals surface area (Å²) in [7, 11) is -8.78. The van der Waals surface area contributed by atoms with Gasteiger partial charge in [0.05, 0.1) is 5.69 Å². The topological polar surface area (TPSA) is 119 Å². The Hall–Kier alpha value is -3.41. The highest BCUT2D eigenvalue weighted by molar-refractivity contribution is 7.90. The first-order valence-corrected chi connectivity index (χ1v) is 12.1. The Morgan fingerprint density at radius 2 is 1.72 bits per heavy atom. The standard InChI is InChI=1S/C21H16FN3O5S2/c22-19-7-2-1-5-15(19)11-17-12-16(21-20(32(28,29)30)8-4-10-24-21)14-25(17)31(26,27)18-6-3-9-23-13-18/h1-10,12-14H,11H2,(H,28,29,30). The number of hydrogen-bond donors (Lipinski definition) is 1. The van der Waals surface area contributed by atoms with Crippen molar-refractivity contribution < 1.29 is 25.8 Å². The summed E-state index contributed by atoms with van der Waals surface area (Å²) in [5.41, 5.74) is 0.402. The van der Waals surface area contributed by atoms with Crippen molar-refractivity contribution >= 4 is 20.1 Å². The van der Waals surface area contributed by atoms with Gasteiger partial charge in [-0.25, -0.2) is 16.8 Å². The second-order valence-corrected chi connectivity index (χ2v) is 10.0. The van der Waals surface area contributed by atoms with E-state index in [4.69, 9.17) is 0 Å². The normalized spacial score (nSPS) is 12.1. The molecule has 0 radical (unpaired) electrons. The zero-order valence-corrected chi connectivity index (χ0v) is 18.0. The molecule has 0 fully saturated rings. The van der Waals surface area contributed by atoms with Gasteiger partial charge in [0.25, 0.3) is 20.1 Å². The number of aromatic nitrogens is 3. The van der Waals surface area contributed by atoms with Gasteiger partial charge in [-0.2, -0.15) is 8.42 Å². The Labute approximate surface area is 183 Å². The Bertz CT molecular complexity index is 1500. The van der Waals surface area contributed by atoms with Gasteiger partial charge in [-0.15, -0.1) is 0 Å². The van der Waals surface area contributed by atoms with E-state index in [2.05, 4.69) is 9.97 Å². The number of pyridine rings is 2. The first kappa shape index (κ1) is 21.8. The van der Waals surface area contributed by atoms with Crippen LogP contribution in [-0.4, -0.2) is 35.3 Å². The largest absolute Gasteiger partial charge is 0.296 e. The summed E-state index contributed by atoms with van der Waals surface area (Å²) in [4.78, 5) is 7.27. The first-order valence-electron chi connectivity index (χ1n) is 9.21. The molecule has 8 nitrogen and oxygen atoms in total. The highest BCUT2D eigenvalue weighted by Crippen LogP contribution is 2.30. The number of benzene rings is 1. The van der Waals surface area contributed by atoms with Gasteiger partial charge in [-0.1, -0.05) is 18.2 Å². The zero-order chi connectivity index (χ0) is 22.9. The number of nitrogens with zero attached hydrogens (tertiary/aromatic N) is 3. The number of rotatable bonds is 6. The predicted octanol–water partition coefficient (Wildman–Crippen LogP) is 3.16. The zero-order valence-electron chi connectivity index (χ0n) is 16.3. The van der Waals surface area contributed by atoms with Crippen molar-refractivity contribution in [2.45, 2.75) is 16.2 Å². The maximum atomic E-state index is 14.3. The van der Waals surface area contributed by atoms with Crippen molar-refractivity contribution in [1.29, 1.82) is 0 Å². The lowest BCUT2D eigenvalue weighted by atomic mass is 10.1. The van der Waals surface area contributed by atoms with E-state index in [-0.39, 0.29) is 33.8 Å². The molecule has 32 heavy (non-hydrogen) atoms. The van der Waals surface area contributed by atoms with E-state index in [9.17, 15) is 25.8 Å². The Morgan fingerprint density at radius 3 is 2.41 bits per heavy atom. The third kappa shape index (κ3) is 4.17. The van der Waals surface area contributed by atoms with Crippen LogP contribution in [0.15, 0.2) is 89.2 Å². The molecule has 0 atom stereocenters. The summed E-state index contributed by atoms with van der Waals surface area (Å²) in [5.74, 6) is -0.517. The summed E-state index contributed by atoms with van der Waals surface area (Å²) in [5, 5.41) is 0. The molecule has 1 aromatic carbocycles. The average Bonchev–Trinajstić information content (AvgIpc) is 3.20. The van der Waals surface area contributed by atoms with E-state index in [0.29, 0.717) is 0 Å². The highest BCUT2D eigenvalue weighted by atomic mass is 32.2. The molecule has 3 aromatic heterocycles. The van der Waals surface area contributed by atoms with Crippen LogP contribution in [-0.2, 0) is 26.6 Å². The first-order chi connectivity index (χ1) is 15.2. The molecule has 0 spiro atoms. The van der Waals surface area contributed by atoms with Gasteiger partial charge in [0.15, 0.2) is 0 Å². The molecule has 3 heterocycles. The second-order valence-electron chi connectivity index (χ2n) is 6.80. The summed E-state index contributed by atoms with van der Waals surface area (Å²) in [6.45, 7) is 0. The van der Waals surface area contributed by atoms with E-state index in [0.717, 1.165) is 10.0 Å². The van der Waals surface area contributed by atoms with Crippen molar-refractivity contribution in [2.24, 2.45) is 0 Å². The van der Waals surface area contributed by atoms with Crippen LogP contribution in [0.4, 0.5) is 4.39 Å². The van der Waals surface area contributed by atoms with Crippen LogP contribution in [0.1, 0.15) is 11.3 Å². The lowest BCUT2D eigenvalue weighted by Gasteiger charge is -2.10. The van der Waals surface area contributed by atoms with Gasteiger partial charge >= 0.3 is 0 Å². The molecule has 0 unspecified atom stereocenters. The SMILES string of the molecule is O=S(=O)(O)c1cccnc1-c1cc(Cc2ccccc2F)n(S(=O)(=O)c2cccnc2)c1. The molecule has 0 saturated heterocycles. The van der Waals surface area contributed by atoms with Crippen LogP contribution in [0, 0.1) is 5.82 Å². The third-order valence-electron chi connectivity index (χ3n) is 4.70. The van der Waals surface area contributed by atoms with Gasteiger partial charge in [-0.05, 0) is 42.0 Å². The van der Waals surface area contributed by atoms with Crippen molar-refractivity contribution in [3.8, 4) is 11.3 Å². The molecule has 4 rings (SSSR count). The molecule has 0 amide bonds. The van der Waals surface area contributed by atoms with Gasteiger partial charge < -0.3 is 0 Å². The average molecular weight is 474 g/mol. The molecule has 164 valence electrons. The third-order valence-corrected chi connectivity index (χ3v) is 7.28. The monoisotopic (exact) mass is 473 g/mol. The number of halogens is 1. The minimum Gasteiger partial charge on any atom is -0.282 e. The lowest BCUT2D eigenvalue weighted by Crippen LogP contribution is -2.15. The molecular weight excluding hydrogens is 457 g/mol. The number of hydrogen-bond acceptors (Lipinski definition) is 6. The van der Waals surface area contributed by atoms with Crippen molar-refractivity contribution in [3.05, 3.63) is 96.5 Å². The minimum absolute atomic E-state index is 0.0970. The molecule has 1 N–H and O–H groups in total. The van der Waals surface area contributed by atoms with E-state index >= 15 is 0 Å². The summed E-state index contributed by atoms with van der Waals surface area (Å²) >= 11 is 0. The molecule has 0 bridgehead atoms. The molecule has 0 saturated carbocycles. The van der Waals surface area contributed by atoms with Crippen LogP contribution < -0.4 is 0 Å². The second kappa shape index (κ2) is 8.26. The maximum Gasteiger partial charge on any atom is 0.296 e. The molecule has 0 aliphatic carbocycles. The minimum atomic E-state index is -4.63. The van der Waals surface area contributed by atoms with Crippen LogP contribution in [0.5, 0.6) is 0 Å². The van der Waals surface area contributed by atoms with Crippen molar-refractivity contribution in [3.63, 3.8) is 0 Å². The fourth-order valence-corrected chi connectivity index (χ4v) is 5.25. The fourth-order valence-electron chi connectivity index (χ4n) is 3.24. The smallest absolute Gasteiger partial charge is 0.282 e. The van der Waals surface area contributed by atoms with Gasteiger partial charge in [0.1, 0.15) is 15.6 Å². The van der Waals surface area contributed by atoms with E-state index in [1.54, 1.807) is 6.07 Å². The van der Waals surface area contributed by atoms with Crippen LogP contribution in [0.3, 0.4) is 0 Å². The maximum absolute atomic E-state index is 14.3. The Balaban J connectivity index is 1.94. The van der Waals surface area contributed by atoms with Crippen molar-refractivity contribution in [2.75, 3.05) is 0 Å². The molecular formula is C21H16FN3O5S2. The highest BCUT2D eigenvalue weighted by Gasteiger charge is 2.25. The van der Waals surface area contributed by atoms with E-state index in [1.165, 1.54) is 67.3 Å². The van der Waals surface area contributed by atoms with Crippen LogP contribution in [0.2, 0.25) is 0 Å². The molecule has 0 aliphatic heterocycles. The fraction of sp³-hybridized carbons (Fsp3) is 0.0476. The molecule has 4 aromatic rings. The van der Waals surface area contributed by atoms with Gasteiger partial charge in [-0.3, -0.25) is 14.5 Å². The van der Waals surface area contributed by atoms with Gasteiger partial charge in [0.2, 0.25) is 0 Å². The predicted molar refractivity (Wildman–Crippen MR) is 114 cm³/mol. The summed E-state index contributed by atoms with van der Waals surface area (Å²) in [6, 6.07) is 12.6. The quantitative estimate of drug-likeness (QED) is 0.427. The van der Waals surface area contributed by atoms with Crippen LogP contribution >= 0.6 is 0 Å². The summed E-state index contributed by atoms with van der Waals surface area (Å²) < 4.78 is 75.0. The van der Waals surface area contributed by atoms with Crippen molar-refractivity contribution in [1.82, 2.24) is 13.9 Å². The van der Waals surface area contributed by atoms with Gasteiger partial charge in [0, 0.05) is 42.5 Å². The van der Waals surface area contributed by atoms with Crippen LogP contribution in [0.25, 0.3) is 11.3 Å². The van der Waals surface area contributed by atoms with E-state index in [1.807, 2.05) is 0 Å². The lowest BCUT2D eigenvalue weighted by molar-refractivity contribution is 0.483. The molecule has 11 heteroatoms. The summed E-state index contributed by atoms with van der Waals surface area (Å²) in [6.07, 6.45) is 5.00. The Kier molecular flexibility index (Phi) is 5.63. The molecule has 0 aliphatic rings. The Morgan fingerprint density at radius 1 is 0.969 bits per heavy atom. The van der Waals surface area contributed by atoms with E-state index < -0.39 is 30.9 Å².